The molecule has 0 unspecified atom stereocenters. The van der Waals surface area contributed by atoms with E-state index in [1.165, 1.54) is 12.1 Å². The monoisotopic (exact) mass is 395 g/mol. The summed E-state index contributed by atoms with van der Waals surface area (Å²) in [6.45, 7) is 6.11. The molecule has 0 radical (unpaired) electrons. The number of hydrogen-bond donors (Lipinski definition) is 0. The highest BCUT2D eigenvalue weighted by atomic mass is 32.2. The van der Waals surface area contributed by atoms with E-state index in [1.54, 1.807) is 18.2 Å². The molecule has 0 saturated carbocycles. The molecule has 0 fully saturated rings. The van der Waals surface area contributed by atoms with Gasteiger partial charge >= 0.3 is 5.51 Å². The van der Waals surface area contributed by atoms with E-state index in [1.807, 2.05) is 32.9 Å². The molecule has 1 aliphatic rings. The van der Waals surface area contributed by atoms with Gasteiger partial charge in [-0.1, -0.05) is 51.1 Å². The summed E-state index contributed by atoms with van der Waals surface area (Å²) in [7, 11) is 0. The molecular weight excluding hydrogens is 379 g/mol. The van der Waals surface area contributed by atoms with Gasteiger partial charge in [-0.05, 0) is 28.5 Å². The zero-order chi connectivity index (χ0) is 20.0. The molecule has 27 heavy (non-hydrogen) atoms. The number of hydrogen-bond acceptors (Lipinski definition) is 4. The molecule has 0 spiro atoms. The fourth-order valence-corrected chi connectivity index (χ4v) is 3.02. The number of imide groups is 1. The standard InChI is InChI=1S/C19H16F3NO3S/c1-18(2,3)10-9-11-7-8-14-15-12(11)5-4-6-13(15)16(24)23(17(14)25)26-27-19(20,21)22/h4-10H,1-3H3/b10-9+. The molecule has 2 amide bonds. The average molecular weight is 395 g/mol. The van der Waals surface area contributed by atoms with Gasteiger partial charge in [0.15, 0.2) is 0 Å². The Bertz CT molecular complexity index is 939. The number of allylic oxidation sites excluding steroid dienone is 1. The zero-order valence-corrected chi connectivity index (χ0v) is 15.6. The van der Waals surface area contributed by atoms with Gasteiger partial charge in [0, 0.05) is 5.39 Å². The molecule has 0 aromatic heterocycles. The van der Waals surface area contributed by atoms with Crippen LogP contribution in [0.4, 0.5) is 13.2 Å². The topological polar surface area (TPSA) is 46.6 Å². The quantitative estimate of drug-likeness (QED) is 0.502. The molecule has 3 rings (SSSR count). The van der Waals surface area contributed by atoms with E-state index >= 15 is 0 Å². The minimum atomic E-state index is -4.74. The number of halogens is 3. The summed E-state index contributed by atoms with van der Waals surface area (Å²) in [5, 5.41) is 1.25. The highest BCUT2D eigenvalue weighted by Crippen LogP contribution is 2.37. The van der Waals surface area contributed by atoms with Crippen molar-refractivity contribution in [3.8, 4) is 0 Å². The van der Waals surface area contributed by atoms with Gasteiger partial charge in [0.25, 0.3) is 11.8 Å². The van der Waals surface area contributed by atoms with Crippen LogP contribution in [0.15, 0.2) is 36.4 Å². The van der Waals surface area contributed by atoms with Crippen molar-refractivity contribution >= 4 is 40.7 Å². The predicted molar refractivity (Wildman–Crippen MR) is 97.7 cm³/mol. The summed E-state index contributed by atoms with van der Waals surface area (Å²) in [5.41, 5.74) is -3.75. The van der Waals surface area contributed by atoms with Gasteiger partial charge in [-0.2, -0.15) is 17.5 Å². The van der Waals surface area contributed by atoms with Crippen molar-refractivity contribution in [2.24, 2.45) is 5.41 Å². The number of benzene rings is 2. The van der Waals surface area contributed by atoms with Gasteiger partial charge in [-0.15, -0.1) is 5.06 Å². The summed E-state index contributed by atoms with van der Waals surface area (Å²) in [5.74, 6) is -1.85. The highest BCUT2D eigenvalue weighted by Gasteiger charge is 2.39. The number of rotatable bonds is 3. The third kappa shape index (κ3) is 4.01. The molecule has 4 nitrogen and oxygen atoms in total. The van der Waals surface area contributed by atoms with Crippen LogP contribution in [-0.2, 0) is 4.28 Å². The van der Waals surface area contributed by atoms with Gasteiger partial charge < -0.3 is 0 Å². The summed E-state index contributed by atoms with van der Waals surface area (Å²) in [6.07, 6.45) is 3.90. The molecule has 1 heterocycles. The second-order valence-corrected chi connectivity index (χ2v) is 7.92. The van der Waals surface area contributed by atoms with Crippen LogP contribution in [0.5, 0.6) is 0 Å². The molecule has 142 valence electrons. The maximum atomic E-state index is 12.5. The third-order valence-electron chi connectivity index (χ3n) is 3.87. The first kappa shape index (κ1) is 19.4. The van der Waals surface area contributed by atoms with Crippen LogP contribution in [0.2, 0.25) is 0 Å². The van der Waals surface area contributed by atoms with E-state index in [0.29, 0.717) is 10.8 Å². The molecule has 0 bridgehead atoms. The van der Waals surface area contributed by atoms with E-state index in [9.17, 15) is 22.8 Å². The van der Waals surface area contributed by atoms with E-state index < -0.39 is 29.4 Å². The fraction of sp³-hybridized carbons (Fsp3) is 0.263. The van der Waals surface area contributed by atoms with Crippen molar-refractivity contribution in [3.05, 3.63) is 53.1 Å². The SMILES string of the molecule is CC(C)(C)/C=C/c1ccc2c3c(cccc13)C(=O)N(OSC(F)(F)F)C2=O. The smallest absolute Gasteiger partial charge is 0.266 e. The second-order valence-electron chi connectivity index (χ2n) is 7.14. The normalized spacial score (nSPS) is 15.3. The number of carbonyl (C=O) groups excluding carboxylic acids is 2. The predicted octanol–water partition coefficient (Wildman–Crippen LogP) is 5.59. The molecule has 1 aliphatic heterocycles. The Hall–Kier alpha value is -2.32. The lowest BCUT2D eigenvalue weighted by atomic mass is 9.90. The van der Waals surface area contributed by atoms with Crippen molar-refractivity contribution in [2.45, 2.75) is 26.3 Å². The Morgan fingerprint density at radius 1 is 1.00 bits per heavy atom. The second kappa shape index (κ2) is 6.69. The summed E-state index contributed by atoms with van der Waals surface area (Å²) in [4.78, 5) is 25.1. The molecule has 0 N–H and O–H groups in total. The van der Waals surface area contributed by atoms with Gasteiger partial charge in [-0.25, -0.2) is 0 Å². The van der Waals surface area contributed by atoms with Crippen LogP contribution in [0.3, 0.4) is 0 Å². The lowest BCUT2D eigenvalue weighted by Crippen LogP contribution is -2.39. The number of carbonyl (C=O) groups is 2. The lowest BCUT2D eigenvalue weighted by molar-refractivity contribution is -0.0570. The molecule has 0 aliphatic carbocycles. The van der Waals surface area contributed by atoms with Crippen LogP contribution < -0.4 is 0 Å². The Balaban J connectivity index is 2.09. The molecule has 2 aromatic rings. The maximum Gasteiger partial charge on any atom is 0.470 e. The zero-order valence-electron chi connectivity index (χ0n) is 14.8. The van der Waals surface area contributed by atoms with Gasteiger partial charge in [0.1, 0.15) is 12.0 Å². The van der Waals surface area contributed by atoms with Gasteiger partial charge in [0.05, 0.1) is 11.1 Å². The van der Waals surface area contributed by atoms with Crippen molar-refractivity contribution in [1.29, 1.82) is 0 Å². The maximum absolute atomic E-state index is 12.5. The highest BCUT2D eigenvalue weighted by molar-refractivity contribution is 7.95. The van der Waals surface area contributed by atoms with Crippen molar-refractivity contribution in [2.75, 3.05) is 0 Å². The lowest BCUT2D eigenvalue weighted by Gasteiger charge is -2.25. The molecule has 8 heteroatoms. The first-order valence-electron chi connectivity index (χ1n) is 8.04. The third-order valence-corrected chi connectivity index (χ3v) is 4.29. The van der Waals surface area contributed by atoms with E-state index in [0.717, 1.165) is 5.56 Å². The van der Waals surface area contributed by atoms with Crippen LogP contribution in [0.1, 0.15) is 47.1 Å². The van der Waals surface area contributed by atoms with E-state index in [2.05, 4.69) is 4.28 Å². The van der Waals surface area contributed by atoms with Crippen LogP contribution in [0.25, 0.3) is 16.8 Å². The van der Waals surface area contributed by atoms with Crippen LogP contribution in [-0.4, -0.2) is 22.4 Å². The van der Waals surface area contributed by atoms with E-state index in [4.69, 9.17) is 0 Å². The van der Waals surface area contributed by atoms with Crippen molar-refractivity contribution in [3.63, 3.8) is 0 Å². The van der Waals surface area contributed by atoms with Crippen molar-refractivity contribution < 1.29 is 27.0 Å². The first-order chi connectivity index (χ1) is 12.5. The summed E-state index contributed by atoms with van der Waals surface area (Å²) >= 11 is -0.901. The Labute approximate surface area is 158 Å². The number of hydroxylamine groups is 2. The Kier molecular flexibility index (Phi) is 4.81. The van der Waals surface area contributed by atoms with Crippen LogP contribution >= 0.6 is 12.0 Å². The van der Waals surface area contributed by atoms with Crippen molar-refractivity contribution in [1.82, 2.24) is 5.06 Å². The number of nitrogens with zero attached hydrogens (tertiary/aromatic N) is 1. The molecule has 0 atom stereocenters. The minimum absolute atomic E-state index is 0.0647. The number of alkyl halides is 3. The largest absolute Gasteiger partial charge is 0.470 e. The Morgan fingerprint density at radius 3 is 2.22 bits per heavy atom. The number of amides is 2. The Morgan fingerprint density at radius 2 is 1.63 bits per heavy atom. The molecular formula is C19H16F3NO3S. The van der Waals surface area contributed by atoms with Crippen LogP contribution in [0, 0.1) is 5.41 Å². The summed E-state index contributed by atoms with van der Waals surface area (Å²) in [6, 6.07) is 8.06. The fourth-order valence-electron chi connectivity index (χ4n) is 2.73. The molecule has 2 aromatic carbocycles. The average Bonchev–Trinajstić information content (AvgIpc) is 2.56. The minimum Gasteiger partial charge on any atom is -0.266 e. The first-order valence-corrected chi connectivity index (χ1v) is 8.78. The van der Waals surface area contributed by atoms with Gasteiger partial charge in [-0.3, -0.25) is 9.59 Å². The summed E-state index contributed by atoms with van der Waals surface area (Å²) < 4.78 is 41.6. The van der Waals surface area contributed by atoms with E-state index in [-0.39, 0.29) is 21.6 Å². The molecule has 0 saturated heterocycles. The van der Waals surface area contributed by atoms with Gasteiger partial charge in [0.2, 0.25) is 0 Å².